The van der Waals surface area contributed by atoms with Crippen molar-refractivity contribution in [3.63, 3.8) is 0 Å². The molecule has 0 radical (unpaired) electrons. The highest BCUT2D eigenvalue weighted by atomic mass is 16.5. The van der Waals surface area contributed by atoms with Gasteiger partial charge in [-0.1, -0.05) is 12.1 Å². The fraction of sp³-hybridized carbons (Fsp3) is 0.182. The molecular weight excluding hydrogens is 374 g/mol. The number of esters is 1. The molecule has 0 aliphatic heterocycles. The summed E-state index contributed by atoms with van der Waals surface area (Å²) in [7, 11) is 1.56. The predicted octanol–water partition coefficient (Wildman–Crippen LogP) is 3.97. The summed E-state index contributed by atoms with van der Waals surface area (Å²) in [4.78, 5) is 24.0. The zero-order chi connectivity index (χ0) is 21.0. The minimum absolute atomic E-state index is 0.0976. The third kappa shape index (κ3) is 4.24. The Balaban J connectivity index is 2.10. The van der Waals surface area contributed by atoms with Crippen LogP contribution in [-0.2, 0) is 9.53 Å². The summed E-state index contributed by atoms with van der Waals surface area (Å²) in [5.74, 6) is -1.05. The van der Waals surface area contributed by atoms with Crippen molar-refractivity contribution in [1.82, 2.24) is 0 Å². The molecule has 0 amide bonds. The lowest BCUT2D eigenvalue weighted by molar-refractivity contribution is -0.144. The molecule has 150 valence electrons. The summed E-state index contributed by atoms with van der Waals surface area (Å²) >= 11 is 0. The standard InChI is InChI=1S/C22H21NO6/c1-3-29-22(27)20(23-15-6-8-16(28-2)9-7-15)19-17-10-4-14(21(25)26)12-13(17)5-11-18(19)24/h4-12,20,23-24H,3H2,1-2H3,(H,25,26). The summed E-state index contributed by atoms with van der Waals surface area (Å²) in [6.07, 6.45) is 0. The molecule has 29 heavy (non-hydrogen) atoms. The number of carbonyl (C=O) groups excluding carboxylic acids is 1. The maximum atomic E-state index is 12.7. The molecule has 0 aliphatic carbocycles. The molecule has 1 unspecified atom stereocenters. The lowest BCUT2D eigenvalue weighted by Gasteiger charge is -2.21. The van der Waals surface area contributed by atoms with Gasteiger partial charge in [0.1, 0.15) is 11.5 Å². The van der Waals surface area contributed by atoms with Crippen molar-refractivity contribution < 1.29 is 29.3 Å². The fourth-order valence-electron chi connectivity index (χ4n) is 3.11. The van der Waals surface area contributed by atoms with Crippen LogP contribution in [0.2, 0.25) is 0 Å². The number of benzene rings is 3. The highest BCUT2D eigenvalue weighted by Crippen LogP contribution is 2.35. The van der Waals surface area contributed by atoms with Crippen molar-refractivity contribution in [3.8, 4) is 11.5 Å². The molecule has 0 saturated heterocycles. The number of aromatic carboxylic acids is 1. The van der Waals surface area contributed by atoms with Gasteiger partial charge in [0.25, 0.3) is 0 Å². The summed E-state index contributed by atoms with van der Waals surface area (Å²) in [6, 6.07) is 13.5. The minimum atomic E-state index is -1.06. The van der Waals surface area contributed by atoms with Gasteiger partial charge in [0.15, 0.2) is 6.04 Å². The molecule has 3 rings (SSSR count). The summed E-state index contributed by atoms with van der Waals surface area (Å²) in [5, 5.41) is 24.0. The van der Waals surface area contributed by atoms with Crippen molar-refractivity contribution in [2.45, 2.75) is 13.0 Å². The fourth-order valence-corrected chi connectivity index (χ4v) is 3.11. The van der Waals surface area contributed by atoms with E-state index in [1.807, 2.05) is 0 Å². The number of aromatic hydroxyl groups is 1. The van der Waals surface area contributed by atoms with E-state index in [4.69, 9.17) is 9.47 Å². The van der Waals surface area contributed by atoms with Gasteiger partial charge in [0.05, 0.1) is 19.3 Å². The number of nitrogens with one attached hydrogen (secondary N) is 1. The van der Waals surface area contributed by atoms with Crippen LogP contribution in [0.4, 0.5) is 5.69 Å². The first kappa shape index (κ1) is 20.0. The van der Waals surface area contributed by atoms with E-state index in [0.29, 0.717) is 27.8 Å². The SMILES string of the molecule is CCOC(=O)C(Nc1ccc(OC)cc1)c1c(O)ccc2cc(C(=O)O)ccc12. The molecule has 7 heteroatoms. The number of hydrogen-bond acceptors (Lipinski definition) is 6. The number of anilines is 1. The molecule has 0 fully saturated rings. The van der Waals surface area contributed by atoms with E-state index in [1.165, 1.54) is 18.2 Å². The number of methoxy groups -OCH3 is 1. The Morgan fingerprint density at radius 3 is 2.41 bits per heavy atom. The molecule has 1 atom stereocenters. The number of carboxylic acids is 1. The van der Waals surface area contributed by atoms with Gasteiger partial charge in [-0.3, -0.25) is 0 Å². The topological polar surface area (TPSA) is 105 Å². The van der Waals surface area contributed by atoms with E-state index >= 15 is 0 Å². The third-order valence-corrected chi connectivity index (χ3v) is 4.50. The van der Waals surface area contributed by atoms with Crippen LogP contribution in [0.15, 0.2) is 54.6 Å². The second-order valence-corrected chi connectivity index (χ2v) is 6.30. The molecule has 7 nitrogen and oxygen atoms in total. The molecule has 0 aromatic heterocycles. The lowest BCUT2D eigenvalue weighted by Crippen LogP contribution is -2.24. The van der Waals surface area contributed by atoms with Gasteiger partial charge in [-0.2, -0.15) is 0 Å². The average Bonchev–Trinajstić information content (AvgIpc) is 2.72. The van der Waals surface area contributed by atoms with Gasteiger partial charge in [0.2, 0.25) is 0 Å². The summed E-state index contributed by atoms with van der Waals surface area (Å²) in [5.41, 5.74) is 1.06. The number of hydrogen-bond donors (Lipinski definition) is 3. The van der Waals surface area contributed by atoms with Gasteiger partial charge < -0.3 is 25.0 Å². The number of phenols is 1. The average molecular weight is 395 g/mol. The molecule has 0 saturated carbocycles. The van der Waals surface area contributed by atoms with Crippen LogP contribution in [-0.4, -0.2) is 35.9 Å². The van der Waals surface area contributed by atoms with Gasteiger partial charge in [-0.25, -0.2) is 9.59 Å². The molecule has 0 aliphatic rings. The maximum absolute atomic E-state index is 12.7. The number of phenolic OH excluding ortho intramolecular Hbond substituents is 1. The van der Waals surface area contributed by atoms with Crippen molar-refractivity contribution in [1.29, 1.82) is 0 Å². The minimum Gasteiger partial charge on any atom is -0.508 e. The third-order valence-electron chi connectivity index (χ3n) is 4.50. The van der Waals surface area contributed by atoms with Crippen LogP contribution in [0.1, 0.15) is 28.9 Å². The summed E-state index contributed by atoms with van der Waals surface area (Å²) in [6.45, 7) is 1.87. The second-order valence-electron chi connectivity index (χ2n) is 6.30. The van der Waals surface area contributed by atoms with E-state index in [1.54, 1.807) is 50.4 Å². The van der Waals surface area contributed by atoms with Gasteiger partial charge in [-0.05, 0) is 60.2 Å². The van der Waals surface area contributed by atoms with Crippen molar-refractivity contribution in [2.24, 2.45) is 0 Å². The number of carboxylic acid groups (broad SMARTS) is 1. The van der Waals surface area contributed by atoms with Crippen molar-refractivity contribution >= 4 is 28.4 Å². The molecule has 0 spiro atoms. The van der Waals surface area contributed by atoms with Crippen molar-refractivity contribution in [2.75, 3.05) is 19.0 Å². The Bertz CT molecular complexity index is 1050. The largest absolute Gasteiger partial charge is 0.508 e. The molecular formula is C22H21NO6. The smallest absolute Gasteiger partial charge is 0.335 e. The van der Waals surface area contributed by atoms with Crippen LogP contribution in [0.3, 0.4) is 0 Å². The lowest BCUT2D eigenvalue weighted by atomic mass is 9.95. The van der Waals surface area contributed by atoms with Crippen LogP contribution in [0, 0.1) is 0 Å². The molecule has 0 heterocycles. The number of carbonyl (C=O) groups is 2. The van der Waals surface area contributed by atoms with Gasteiger partial charge in [0, 0.05) is 11.3 Å². The predicted molar refractivity (Wildman–Crippen MR) is 109 cm³/mol. The monoisotopic (exact) mass is 395 g/mol. The number of fused-ring (bicyclic) bond motifs is 1. The Kier molecular flexibility index (Phi) is 5.87. The first-order valence-electron chi connectivity index (χ1n) is 9.00. The Morgan fingerprint density at radius 1 is 1.07 bits per heavy atom. The summed E-state index contributed by atoms with van der Waals surface area (Å²) < 4.78 is 10.4. The normalized spacial score (nSPS) is 11.7. The molecule has 3 aromatic rings. The first-order chi connectivity index (χ1) is 13.9. The van der Waals surface area contributed by atoms with E-state index < -0.39 is 18.0 Å². The molecule has 3 N–H and O–H groups in total. The Labute approximate surface area is 167 Å². The second kappa shape index (κ2) is 8.52. The van der Waals surface area contributed by atoms with Crippen molar-refractivity contribution in [3.05, 3.63) is 65.7 Å². The number of ether oxygens (including phenoxy) is 2. The van der Waals surface area contributed by atoms with E-state index in [2.05, 4.69) is 5.32 Å². The number of rotatable bonds is 7. The van der Waals surface area contributed by atoms with E-state index in [0.717, 1.165) is 0 Å². The highest BCUT2D eigenvalue weighted by molar-refractivity contribution is 5.98. The molecule has 3 aromatic carbocycles. The van der Waals surface area contributed by atoms with Crippen LogP contribution in [0.25, 0.3) is 10.8 Å². The quantitative estimate of drug-likeness (QED) is 0.520. The van der Waals surface area contributed by atoms with Crippen LogP contribution < -0.4 is 10.1 Å². The van der Waals surface area contributed by atoms with Gasteiger partial charge >= 0.3 is 11.9 Å². The first-order valence-corrected chi connectivity index (χ1v) is 9.00. The van der Waals surface area contributed by atoms with E-state index in [9.17, 15) is 19.8 Å². The van der Waals surface area contributed by atoms with E-state index in [-0.39, 0.29) is 17.9 Å². The van der Waals surface area contributed by atoms with Crippen LogP contribution >= 0.6 is 0 Å². The van der Waals surface area contributed by atoms with Crippen LogP contribution in [0.5, 0.6) is 11.5 Å². The highest BCUT2D eigenvalue weighted by Gasteiger charge is 2.27. The Hall–Kier alpha value is -3.74. The zero-order valence-electron chi connectivity index (χ0n) is 16.0. The van der Waals surface area contributed by atoms with Gasteiger partial charge in [-0.15, -0.1) is 0 Å². The Morgan fingerprint density at radius 2 is 1.79 bits per heavy atom. The zero-order valence-corrected chi connectivity index (χ0v) is 16.0. The maximum Gasteiger partial charge on any atom is 0.335 e. The molecule has 0 bridgehead atoms.